The first-order valence-electron chi connectivity index (χ1n) is 7.12. The Hall–Kier alpha value is -1.34. The van der Waals surface area contributed by atoms with Crippen LogP contribution in [0.15, 0.2) is 42.5 Å². The number of benzene rings is 1. The third kappa shape index (κ3) is 5.04. The van der Waals surface area contributed by atoms with E-state index in [0.717, 1.165) is 32.3 Å². The van der Waals surface area contributed by atoms with E-state index in [-0.39, 0.29) is 0 Å². The Bertz CT molecular complexity index is 429. The van der Waals surface area contributed by atoms with E-state index in [2.05, 4.69) is 50.8 Å². The molecule has 0 unspecified atom stereocenters. The second kappa shape index (κ2) is 8.71. The van der Waals surface area contributed by atoms with Crippen molar-refractivity contribution < 1.29 is 4.74 Å². The molecule has 1 aromatic rings. The molecule has 1 rings (SSSR count). The minimum Gasteiger partial charge on any atom is -0.385 e. The number of allylic oxidation sites excluding steroid dienone is 3. The largest absolute Gasteiger partial charge is 0.385 e. The fourth-order valence-corrected chi connectivity index (χ4v) is 2.36. The van der Waals surface area contributed by atoms with E-state index in [9.17, 15) is 0 Å². The molecule has 0 radical (unpaired) electrons. The summed E-state index contributed by atoms with van der Waals surface area (Å²) in [6, 6.07) is 8.67. The number of methoxy groups -OCH3 is 1. The van der Waals surface area contributed by atoms with Gasteiger partial charge in [0.15, 0.2) is 0 Å². The molecule has 0 saturated carbocycles. The molecule has 1 nitrogen and oxygen atoms in total. The molecule has 19 heavy (non-hydrogen) atoms. The highest BCUT2D eigenvalue weighted by Crippen LogP contribution is 2.24. The summed E-state index contributed by atoms with van der Waals surface area (Å²) < 4.78 is 5.09. The van der Waals surface area contributed by atoms with Crippen molar-refractivity contribution in [2.45, 2.75) is 39.5 Å². The van der Waals surface area contributed by atoms with Gasteiger partial charge in [0.05, 0.1) is 0 Å². The Kier molecular flexibility index (Phi) is 7.20. The van der Waals surface area contributed by atoms with Crippen LogP contribution < -0.4 is 0 Å². The maximum Gasteiger partial charge on any atom is 0.0465 e. The quantitative estimate of drug-likeness (QED) is 0.469. The summed E-state index contributed by atoms with van der Waals surface area (Å²) in [4.78, 5) is 0. The van der Waals surface area contributed by atoms with E-state index in [0.29, 0.717) is 0 Å². The fraction of sp³-hybridized carbons (Fsp3) is 0.444. The highest BCUT2D eigenvalue weighted by Gasteiger charge is 2.06. The molecule has 0 aliphatic carbocycles. The molecule has 0 amide bonds. The van der Waals surface area contributed by atoms with Crippen LogP contribution in [0.4, 0.5) is 0 Å². The monoisotopic (exact) mass is 258 g/mol. The van der Waals surface area contributed by atoms with Crippen molar-refractivity contribution in [2.75, 3.05) is 13.7 Å². The summed E-state index contributed by atoms with van der Waals surface area (Å²) in [5.41, 5.74) is 5.47. The van der Waals surface area contributed by atoms with Crippen LogP contribution in [-0.4, -0.2) is 13.7 Å². The summed E-state index contributed by atoms with van der Waals surface area (Å²) in [6.07, 6.45) is 6.36. The summed E-state index contributed by atoms with van der Waals surface area (Å²) in [5, 5.41) is 0. The van der Waals surface area contributed by atoms with Crippen LogP contribution in [0, 0.1) is 0 Å². The van der Waals surface area contributed by atoms with Crippen molar-refractivity contribution in [1.29, 1.82) is 0 Å². The van der Waals surface area contributed by atoms with Gasteiger partial charge in [-0.2, -0.15) is 0 Å². The smallest absolute Gasteiger partial charge is 0.0465 e. The normalized spacial score (nSPS) is 11.6. The van der Waals surface area contributed by atoms with Gasteiger partial charge < -0.3 is 4.74 Å². The molecular formula is C18H26O. The average molecular weight is 258 g/mol. The summed E-state index contributed by atoms with van der Waals surface area (Å²) in [6.45, 7) is 9.34. The molecule has 0 heterocycles. The van der Waals surface area contributed by atoms with Crippen LogP contribution in [0.3, 0.4) is 0 Å². The zero-order chi connectivity index (χ0) is 14.1. The summed E-state index contributed by atoms with van der Waals surface area (Å²) in [5.74, 6) is 0. The number of ether oxygens (including phenoxy) is 1. The van der Waals surface area contributed by atoms with E-state index < -0.39 is 0 Å². The van der Waals surface area contributed by atoms with Crippen molar-refractivity contribution in [3.63, 3.8) is 0 Å². The Morgan fingerprint density at radius 1 is 1.32 bits per heavy atom. The second-order valence-electron chi connectivity index (χ2n) is 4.85. The average Bonchev–Trinajstić information content (AvgIpc) is 2.42. The van der Waals surface area contributed by atoms with Gasteiger partial charge in [-0.15, -0.1) is 0 Å². The first kappa shape index (κ1) is 15.7. The Morgan fingerprint density at radius 2 is 2.05 bits per heavy atom. The first-order chi connectivity index (χ1) is 9.22. The lowest BCUT2D eigenvalue weighted by molar-refractivity contribution is 0.195. The fourth-order valence-electron chi connectivity index (χ4n) is 2.36. The number of rotatable bonds is 8. The Morgan fingerprint density at radius 3 is 2.68 bits per heavy atom. The molecule has 0 aromatic heterocycles. The Balaban J connectivity index is 2.75. The van der Waals surface area contributed by atoms with E-state index in [1.807, 2.05) is 0 Å². The van der Waals surface area contributed by atoms with Crippen LogP contribution in [0.25, 0.3) is 5.57 Å². The van der Waals surface area contributed by atoms with E-state index in [1.54, 1.807) is 7.11 Å². The highest BCUT2D eigenvalue weighted by atomic mass is 16.5. The zero-order valence-corrected chi connectivity index (χ0v) is 12.5. The van der Waals surface area contributed by atoms with Gasteiger partial charge in [0, 0.05) is 13.7 Å². The predicted molar refractivity (Wildman–Crippen MR) is 84.3 cm³/mol. The highest BCUT2D eigenvalue weighted by molar-refractivity contribution is 5.68. The molecule has 0 fully saturated rings. The molecule has 0 atom stereocenters. The van der Waals surface area contributed by atoms with Gasteiger partial charge in [-0.1, -0.05) is 49.4 Å². The number of hydrogen-bond donors (Lipinski definition) is 0. The van der Waals surface area contributed by atoms with Gasteiger partial charge in [-0.3, -0.25) is 0 Å². The van der Waals surface area contributed by atoms with Gasteiger partial charge >= 0.3 is 0 Å². The Labute approximate surface area is 118 Å². The van der Waals surface area contributed by atoms with Gasteiger partial charge in [0.2, 0.25) is 0 Å². The van der Waals surface area contributed by atoms with Crippen LogP contribution in [0.2, 0.25) is 0 Å². The van der Waals surface area contributed by atoms with E-state index >= 15 is 0 Å². The molecular weight excluding hydrogens is 232 g/mol. The minimum atomic E-state index is 0.815. The van der Waals surface area contributed by atoms with E-state index in [1.165, 1.54) is 22.3 Å². The van der Waals surface area contributed by atoms with Crippen molar-refractivity contribution in [3.05, 3.63) is 53.6 Å². The molecule has 0 N–H and O–H groups in total. The van der Waals surface area contributed by atoms with Gasteiger partial charge in [-0.05, 0) is 49.3 Å². The lowest BCUT2D eigenvalue weighted by Gasteiger charge is -2.13. The summed E-state index contributed by atoms with van der Waals surface area (Å²) >= 11 is 0. The van der Waals surface area contributed by atoms with Crippen LogP contribution in [0.5, 0.6) is 0 Å². The molecule has 0 aliphatic heterocycles. The van der Waals surface area contributed by atoms with Crippen LogP contribution >= 0.6 is 0 Å². The van der Waals surface area contributed by atoms with Crippen LogP contribution in [0.1, 0.15) is 44.2 Å². The maximum absolute atomic E-state index is 5.09. The SMILES string of the molecule is C=C(CCCOC)Cc1ccccc1/C(=C\C)CC. The van der Waals surface area contributed by atoms with E-state index in [4.69, 9.17) is 4.74 Å². The topological polar surface area (TPSA) is 9.23 Å². The molecule has 0 spiro atoms. The van der Waals surface area contributed by atoms with Crippen molar-refractivity contribution in [3.8, 4) is 0 Å². The zero-order valence-electron chi connectivity index (χ0n) is 12.5. The van der Waals surface area contributed by atoms with Crippen molar-refractivity contribution >= 4 is 5.57 Å². The molecule has 1 aromatic carbocycles. The van der Waals surface area contributed by atoms with Gasteiger partial charge in [0.1, 0.15) is 0 Å². The third-order valence-electron chi connectivity index (χ3n) is 3.41. The minimum absolute atomic E-state index is 0.815. The maximum atomic E-state index is 5.09. The molecule has 104 valence electrons. The molecule has 0 aliphatic rings. The van der Waals surface area contributed by atoms with Gasteiger partial charge in [-0.25, -0.2) is 0 Å². The third-order valence-corrected chi connectivity index (χ3v) is 3.41. The molecule has 0 bridgehead atoms. The standard InChI is InChI=1S/C18H26O/c1-5-16(6-2)18-12-8-7-11-17(18)14-15(3)10-9-13-19-4/h5,7-8,11-12H,3,6,9-10,13-14H2,1-2,4H3/b16-5-. The number of hydrogen-bond acceptors (Lipinski definition) is 1. The van der Waals surface area contributed by atoms with Crippen molar-refractivity contribution in [2.24, 2.45) is 0 Å². The first-order valence-corrected chi connectivity index (χ1v) is 7.12. The lowest BCUT2D eigenvalue weighted by Crippen LogP contribution is -1.97. The van der Waals surface area contributed by atoms with Gasteiger partial charge in [0.25, 0.3) is 0 Å². The molecule has 0 saturated heterocycles. The van der Waals surface area contributed by atoms with Crippen molar-refractivity contribution in [1.82, 2.24) is 0 Å². The summed E-state index contributed by atoms with van der Waals surface area (Å²) in [7, 11) is 1.75. The second-order valence-corrected chi connectivity index (χ2v) is 4.85. The van der Waals surface area contributed by atoms with Crippen LogP contribution in [-0.2, 0) is 11.2 Å². The lowest BCUT2D eigenvalue weighted by atomic mass is 9.93. The molecule has 1 heteroatoms. The predicted octanol–water partition coefficient (Wildman–Crippen LogP) is 5.03.